The molecular formula is C15H15Cl2FN2O3S. The van der Waals surface area contributed by atoms with E-state index >= 15 is 0 Å². The predicted molar refractivity (Wildman–Crippen MR) is 92.0 cm³/mol. The van der Waals surface area contributed by atoms with E-state index < -0.39 is 23.9 Å². The van der Waals surface area contributed by atoms with Crippen LogP contribution in [0.1, 0.15) is 19.4 Å². The van der Waals surface area contributed by atoms with E-state index in [1.54, 1.807) is 13.8 Å². The summed E-state index contributed by atoms with van der Waals surface area (Å²) in [7, 11) is 0. The van der Waals surface area contributed by atoms with Crippen molar-refractivity contribution < 1.29 is 18.7 Å². The molecule has 0 saturated carbocycles. The minimum Gasteiger partial charge on any atom is -0.473 e. The van der Waals surface area contributed by atoms with E-state index in [4.69, 9.17) is 38.4 Å². The summed E-state index contributed by atoms with van der Waals surface area (Å²) in [5, 5.41) is 3.31. The first-order valence-electron chi connectivity index (χ1n) is 6.95. The van der Waals surface area contributed by atoms with E-state index in [0.29, 0.717) is 0 Å². The van der Waals surface area contributed by atoms with Crippen LogP contribution in [0.5, 0.6) is 5.88 Å². The van der Waals surface area contributed by atoms with Gasteiger partial charge in [0.15, 0.2) is 0 Å². The Morgan fingerprint density at radius 2 is 2.12 bits per heavy atom. The van der Waals surface area contributed by atoms with Gasteiger partial charge in [0.1, 0.15) is 22.8 Å². The van der Waals surface area contributed by atoms with Crippen LogP contribution in [0, 0.1) is 11.9 Å². The van der Waals surface area contributed by atoms with Gasteiger partial charge in [-0.25, -0.2) is 0 Å². The van der Waals surface area contributed by atoms with Gasteiger partial charge in [0.05, 0.1) is 11.6 Å². The van der Waals surface area contributed by atoms with E-state index in [0.717, 1.165) is 5.56 Å². The van der Waals surface area contributed by atoms with Crippen LogP contribution < -0.4 is 10.5 Å². The van der Waals surface area contributed by atoms with Gasteiger partial charge in [0.2, 0.25) is 11.8 Å². The molecule has 0 saturated heterocycles. The van der Waals surface area contributed by atoms with E-state index in [1.807, 2.05) is 16.8 Å². The van der Waals surface area contributed by atoms with E-state index in [1.165, 1.54) is 11.3 Å². The van der Waals surface area contributed by atoms with Crippen molar-refractivity contribution in [2.75, 3.05) is 5.73 Å². The molecule has 130 valence electrons. The zero-order valence-electron chi connectivity index (χ0n) is 12.9. The highest BCUT2D eigenvalue weighted by Crippen LogP contribution is 2.36. The SMILES string of the molecule is CC(Oc1nc(F)c(Cl)c(N)c1Cl)[C@H](C)C(=O)OCc1ccsc1. The van der Waals surface area contributed by atoms with Crippen LogP contribution in [-0.2, 0) is 16.1 Å². The Balaban J connectivity index is 2.01. The Morgan fingerprint density at radius 3 is 2.75 bits per heavy atom. The monoisotopic (exact) mass is 392 g/mol. The summed E-state index contributed by atoms with van der Waals surface area (Å²) in [6, 6.07) is 1.87. The Labute approximate surface area is 152 Å². The molecule has 0 amide bonds. The number of ether oxygens (including phenoxy) is 2. The van der Waals surface area contributed by atoms with Crippen LogP contribution in [0.3, 0.4) is 0 Å². The molecule has 0 fully saturated rings. The van der Waals surface area contributed by atoms with Gasteiger partial charge >= 0.3 is 5.97 Å². The number of rotatable bonds is 6. The number of nitrogen functional groups attached to an aromatic ring is 1. The number of anilines is 1. The largest absolute Gasteiger partial charge is 0.473 e. The van der Waals surface area contributed by atoms with Gasteiger partial charge in [-0.3, -0.25) is 4.79 Å². The normalized spacial score (nSPS) is 13.4. The maximum absolute atomic E-state index is 13.6. The Bertz CT molecular complexity index is 728. The number of carbonyl (C=O) groups is 1. The minimum absolute atomic E-state index is 0.105. The van der Waals surface area contributed by atoms with Gasteiger partial charge in [0, 0.05) is 5.56 Å². The maximum atomic E-state index is 13.6. The average molecular weight is 393 g/mol. The quantitative estimate of drug-likeness (QED) is 0.585. The first kappa shape index (κ1) is 18.8. The number of halogens is 3. The zero-order valence-corrected chi connectivity index (χ0v) is 15.2. The van der Waals surface area contributed by atoms with E-state index in [9.17, 15) is 9.18 Å². The molecule has 2 atom stereocenters. The summed E-state index contributed by atoms with van der Waals surface area (Å²) in [4.78, 5) is 15.6. The van der Waals surface area contributed by atoms with Crippen molar-refractivity contribution in [3.63, 3.8) is 0 Å². The summed E-state index contributed by atoms with van der Waals surface area (Å²) in [6.45, 7) is 3.43. The van der Waals surface area contributed by atoms with Crippen LogP contribution >= 0.6 is 34.5 Å². The Morgan fingerprint density at radius 1 is 1.42 bits per heavy atom. The molecule has 0 bridgehead atoms. The van der Waals surface area contributed by atoms with Crippen LogP contribution in [0.4, 0.5) is 10.1 Å². The molecule has 0 aromatic carbocycles. The zero-order chi connectivity index (χ0) is 17.9. The molecule has 1 unspecified atom stereocenters. The van der Waals surface area contributed by atoms with Crippen molar-refractivity contribution in [1.29, 1.82) is 0 Å². The third-order valence-corrected chi connectivity index (χ3v) is 4.83. The molecule has 2 rings (SSSR count). The fourth-order valence-electron chi connectivity index (χ4n) is 1.72. The number of pyridine rings is 1. The van der Waals surface area contributed by atoms with Crippen LogP contribution in [0.15, 0.2) is 16.8 Å². The highest BCUT2D eigenvalue weighted by Gasteiger charge is 2.26. The summed E-state index contributed by atoms with van der Waals surface area (Å²) >= 11 is 13.1. The molecule has 2 N–H and O–H groups in total. The van der Waals surface area contributed by atoms with Gasteiger partial charge in [-0.15, -0.1) is 0 Å². The number of hydrogen-bond acceptors (Lipinski definition) is 6. The predicted octanol–water partition coefficient (Wildman–Crippen LogP) is 4.32. The first-order chi connectivity index (χ1) is 11.3. The third-order valence-electron chi connectivity index (χ3n) is 3.38. The fraction of sp³-hybridized carbons (Fsp3) is 0.333. The van der Waals surface area contributed by atoms with E-state index in [-0.39, 0.29) is 28.2 Å². The summed E-state index contributed by atoms with van der Waals surface area (Å²) in [6.07, 6.45) is -0.662. The van der Waals surface area contributed by atoms with Crippen molar-refractivity contribution in [2.45, 2.75) is 26.6 Å². The highest BCUT2D eigenvalue weighted by molar-refractivity contribution is 7.07. The molecule has 24 heavy (non-hydrogen) atoms. The molecule has 9 heteroatoms. The first-order valence-corrected chi connectivity index (χ1v) is 8.65. The Kier molecular flexibility index (Phi) is 6.26. The molecule has 0 radical (unpaired) electrons. The number of aromatic nitrogens is 1. The van der Waals surface area contributed by atoms with Crippen LogP contribution in [-0.4, -0.2) is 17.1 Å². The smallest absolute Gasteiger partial charge is 0.312 e. The second-order valence-electron chi connectivity index (χ2n) is 5.10. The number of nitrogens with two attached hydrogens (primary N) is 1. The van der Waals surface area contributed by atoms with Crippen LogP contribution in [0.25, 0.3) is 0 Å². The number of carbonyl (C=O) groups excluding carboxylic acids is 1. The van der Waals surface area contributed by atoms with Crippen molar-refractivity contribution in [3.05, 3.63) is 38.4 Å². The van der Waals surface area contributed by atoms with Gasteiger partial charge in [-0.2, -0.15) is 20.7 Å². The molecule has 2 aromatic rings. The minimum atomic E-state index is -0.992. The highest BCUT2D eigenvalue weighted by atomic mass is 35.5. The number of hydrogen-bond donors (Lipinski definition) is 1. The molecule has 0 aliphatic heterocycles. The topological polar surface area (TPSA) is 74.4 Å². The molecular weight excluding hydrogens is 378 g/mol. The van der Waals surface area contributed by atoms with Crippen LogP contribution in [0.2, 0.25) is 10.0 Å². The van der Waals surface area contributed by atoms with Gasteiger partial charge in [0.25, 0.3) is 0 Å². The number of esters is 1. The Hall–Kier alpha value is -1.57. The van der Waals surface area contributed by atoms with Gasteiger partial charge in [-0.05, 0) is 30.7 Å². The number of nitrogens with zero attached hydrogens (tertiary/aromatic N) is 1. The average Bonchev–Trinajstić information content (AvgIpc) is 3.08. The summed E-state index contributed by atoms with van der Waals surface area (Å²) in [5.41, 5.74) is 6.33. The fourth-order valence-corrected chi connectivity index (χ4v) is 2.74. The van der Waals surface area contributed by atoms with Gasteiger partial charge in [-0.1, -0.05) is 23.2 Å². The lowest BCUT2D eigenvalue weighted by atomic mass is 10.1. The van der Waals surface area contributed by atoms with Crippen molar-refractivity contribution in [1.82, 2.24) is 4.98 Å². The molecule has 5 nitrogen and oxygen atoms in total. The third kappa shape index (κ3) is 4.28. The molecule has 2 aromatic heterocycles. The lowest BCUT2D eigenvalue weighted by Gasteiger charge is -2.20. The van der Waals surface area contributed by atoms with Crippen molar-refractivity contribution in [2.24, 2.45) is 5.92 Å². The lowest BCUT2D eigenvalue weighted by Crippen LogP contribution is -2.30. The summed E-state index contributed by atoms with van der Waals surface area (Å²) < 4.78 is 24.2. The summed E-state index contributed by atoms with van der Waals surface area (Å²) in [5.74, 6) is -2.29. The second kappa shape index (κ2) is 8.00. The van der Waals surface area contributed by atoms with Crippen molar-refractivity contribution >= 4 is 46.2 Å². The molecule has 0 spiro atoms. The lowest BCUT2D eigenvalue weighted by molar-refractivity contribution is -0.152. The van der Waals surface area contributed by atoms with Crippen molar-refractivity contribution in [3.8, 4) is 5.88 Å². The maximum Gasteiger partial charge on any atom is 0.312 e. The van der Waals surface area contributed by atoms with Gasteiger partial charge < -0.3 is 15.2 Å². The standard InChI is InChI=1S/C15H15Cl2FN2O3S/c1-7(15(21)22-5-9-3-4-24-6-9)8(2)23-14-11(17)12(19)10(16)13(18)20-14/h3-4,6-8H,5H2,1-2H3,(H2,19,20)/t7-,8?/m0/s1. The second-order valence-corrected chi connectivity index (χ2v) is 6.64. The molecule has 0 aliphatic rings. The number of thiophene rings is 1. The van der Waals surface area contributed by atoms with E-state index in [2.05, 4.69) is 4.98 Å². The molecule has 2 heterocycles. The molecule has 0 aliphatic carbocycles.